The largest absolute Gasteiger partial charge is 0.445 e. The van der Waals surface area contributed by atoms with Gasteiger partial charge in [-0.2, -0.15) is 5.48 Å². The zero-order chi connectivity index (χ0) is 27.4. The minimum Gasteiger partial charge on any atom is -0.445 e. The van der Waals surface area contributed by atoms with E-state index in [1.807, 2.05) is 67.6 Å². The molecule has 206 valence electrons. The topological polar surface area (TPSA) is 132 Å². The lowest BCUT2D eigenvalue weighted by Gasteiger charge is -2.18. The van der Waals surface area contributed by atoms with Crippen LogP contribution in [-0.4, -0.2) is 36.6 Å². The van der Waals surface area contributed by atoms with Gasteiger partial charge in [0.2, 0.25) is 0 Å². The number of carbonyl (C=O) groups excluding carboxylic acids is 4. The number of unbranched alkanes of at least 4 members (excludes halogenated alkanes) is 3. The molecule has 10 heteroatoms. The predicted molar refractivity (Wildman–Crippen MR) is 140 cm³/mol. The van der Waals surface area contributed by atoms with Gasteiger partial charge in [0, 0.05) is 13.0 Å². The smallest absolute Gasteiger partial charge is 0.408 e. The molecule has 0 aliphatic carbocycles. The first-order valence-electron chi connectivity index (χ1n) is 12.9. The number of carbonyl (C=O) groups is 4. The number of hydroxylamine groups is 1. The Morgan fingerprint density at radius 3 is 1.97 bits per heavy atom. The average molecular weight is 528 g/mol. The number of rotatable bonds is 15. The molecule has 0 saturated carbocycles. The summed E-state index contributed by atoms with van der Waals surface area (Å²) < 4.78 is 10.4. The van der Waals surface area contributed by atoms with E-state index in [0.29, 0.717) is 25.8 Å². The van der Waals surface area contributed by atoms with Crippen LogP contribution in [-0.2, 0) is 37.1 Å². The van der Waals surface area contributed by atoms with E-state index >= 15 is 0 Å². The first kappa shape index (κ1) is 30.1. The van der Waals surface area contributed by atoms with E-state index in [1.165, 1.54) is 0 Å². The van der Waals surface area contributed by atoms with Crippen molar-refractivity contribution < 1.29 is 33.5 Å². The van der Waals surface area contributed by atoms with Gasteiger partial charge >= 0.3 is 18.2 Å². The summed E-state index contributed by atoms with van der Waals surface area (Å²) in [5.41, 5.74) is 3.81. The summed E-state index contributed by atoms with van der Waals surface area (Å²) in [5, 5.41) is 5.18. The molecule has 0 aliphatic heterocycles. The van der Waals surface area contributed by atoms with Gasteiger partial charge in [0.15, 0.2) is 0 Å². The third kappa shape index (κ3) is 13.3. The second-order valence-electron chi connectivity index (χ2n) is 8.64. The van der Waals surface area contributed by atoms with Crippen LogP contribution in [0.5, 0.6) is 0 Å². The predicted octanol–water partition coefficient (Wildman–Crippen LogP) is 4.53. The van der Waals surface area contributed by atoms with Crippen molar-refractivity contribution in [2.75, 3.05) is 6.54 Å². The SMILES string of the molecule is CCCCCC(=O)ONC(=O)[C@H](CCCCNC(=O)OCc1ccccc1)NC(=O)OCc1ccccc1. The molecule has 2 aromatic rings. The number of hydrogen-bond donors (Lipinski definition) is 3. The number of alkyl carbamates (subject to hydrolysis) is 2. The van der Waals surface area contributed by atoms with Gasteiger partial charge < -0.3 is 24.9 Å². The monoisotopic (exact) mass is 527 g/mol. The zero-order valence-electron chi connectivity index (χ0n) is 21.8. The molecule has 0 bridgehead atoms. The minimum absolute atomic E-state index is 0.0441. The van der Waals surface area contributed by atoms with Crippen LogP contribution in [0.15, 0.2) is 60.7 Å². The third-order valence-corrected chi connectivity index (χ3v) is 5.47. The molecule has 10 nitrogen and oxygen atoms in total. The lowest BCUT2D eigenvalue weighted by Crippen LogP contribution is -2.47. The molecule has 0 heterocycles. The molecule has 3 N–H and O–H groups in total. The van der Waals surface area contributed by atoms with Crippen LogP contribution in [0, 0.1) is 0 Å². The van der Waals surface area contributed by atoms with Gasteiger partial charge in [0.25, 0.3) is 5.91 Å². The van der Waals surface area contributed by atoms with Crippen LogP contribution in [0.3, 0.4) is 0 Å². The number of benzene rings is 2. The van der Waals surface area contributed by atoms with Gasteiger partial charge in [-0.25, -0.2) is 14.4 Å². The van der Waals surface area contributed by atoms with Crippen molar-refractivity contribution in [1.82, 2.24) is 16.1 Å². The molecule has 1 atom stereocenters. The number of amides is 3. The quantitative estimate of drug-likeness (QED) is 0.176. The van der Waals surface area contributed by atoms with Gasteiger partial charge in [-0.05, 0) is 36.8 Å². The van der Waals surface area contributed by atoms with Crippen molar-refractivity contribution in [3.63, 3.8) is 0 Å². The second-order valence-corrected chi connectivity index (χ2v) is 8.64. The molecule has 3 amide bonds. The van der Waals surface area contributed by atoms with Crippen molar-refractivity contribution in [2.45, 2.75) is 71.1 Å². The van der Waals surface area contributed by atoms with Gasteiger partial charge in [-0.15, -0.1) is 0 Å². The molecule has 0 aliphatic rings. The van der Waals surface area contributed by atoms with Gasteiger partial charge in [0.05, 0.1) is 0 Å². The Labute approximate surface area is 223 Å². The Hall–Kier alpha value is -4.08. The standard InChI is InChI=1S/C28H37N3O7/c1-2-3-6-18-25(32)38-31-26(33)24(30-28(35)37-21-23-15-9-5-10-16-23)17-11-12-19-29-27(34)36-20-22-13-7-4-8-14-22/h4-5,7-10,13-16,24H,2-3,6,11-12,17-21H2,1H3,(H,29,34)(H,30,35)(H,31,33)/t24-/m0/s1. The van der Waals surface area contributed by atoms with Crippen LogP contribution in [0.25, 0.3) is 0 Å². The molecule has 2 aromatic carbocycles. The molecule has 0 unspecified atom stereocenters. The van der Waals surface area contributed by atoms with Crippen LogP contribution >= 0.6 is 0 Å². The van der Waals surface area contributed by atoms with E-state index in [9.17, 15) is 19.2 Å². The van der Waals surface area contributed by atoms with Gasteiger partial charge in [-0.3, -0.25) is 4.79 Å². The summed E-state index contributed by atoms with van der Waals surface area (Å²) in [4.78, 5) is 53.5. The van der Waals surface area contributed by atoms with Crippen molar-refractivity contribution in [3.05, 3.63) is 71.8 Å². The fraction of sp³-hybridized carbons (Fsp3) is 0.429. The fourth-order valence-electron chi connectivity index (χ4n) is 3.36. The van der Waals surface area contributed by atoms with E-state index in [4.69, 9.17) is 14.3 Å². The van der Waals surface area contributed by atoms with E-state index in [2.05, 4.69) is 16.1 Å². The van der Waals surface area contributed by atoms with E-state index in [1.54, 1.807) is 0 Å². The van der Waals surface area contributed by atoms with E-state index in [-0.39, 0.29) is 26.1 Å². The average Bonchev–Trinajstić information content (AvgIpc) is 2.94. The lowest BCUT2D eigenvalue weighted by molar-refractivity contribution is -0.159. The van der Waals surface area contributed by atoms with E-state index in [0.717, 1.165) is 24.0 Å². The normalized spacial score (nSPS) is 11.1. The fourth-order valence-corrected chi connectivity index (χ4v) is 3.36. The highest BCUT2D eigenvalue weighted by atomic mass is 16.7. The van der Waals surface area contributed by atoms with E-state index < -0.39 is 30.1 Å². The molecule has 0 saturated heterocycles. The highest BCUT2D eigenvalue weighted by Gasteiger charge is 2.22. The molecule has 38 heavy (non-hydrogen) atoms. The summed E-state index contributed by atoms with van der Waals surface area (Å²) in [6.07, 6.45) is 2.64. The van der Waals surface area contributed by atoms with Crippen molar-refractivity contribution in [3.8, 4) is 0 Å². The first-order chi connectivity index (χ1) is 18.5. The van der Waals surface area contributed by atoms with Gasteiger partial charge in [-0.1, -0.05) is 80.4 Å². The molecular weight excluding hydrogens is 490 g/mol. The summed E-state index contributed by atoms with van der Waals surface area (Å²) in [5.74, 6) is -1.21. The molecule has 0 spiro atoms. The van der Waals surface area contributed by atoms with Crippen LogP contribution in [0.1, 0.15) is 63.0 Å². The van der Waals surface area contributed by atoms with Crippen LogP contribution in [0.2, 0.25) is 0 Å². The minimum atomic E-state index is -0.994. The number of hydrogen-bond acceptors (Lipinski definition) is 7. The summed E-state index contributed by atoms with van der Waals surface area (Å²) >= 11 is 0. The highest BCUT2D eigenvalue weighted by molar-refractivity contribution is 5.86. The summed E-state index contributed by atoms with van der Waals surface area (Å²) in [6, 6.07) is 17.5. The Morgan fingerprint density at radius 2 is 1.37 bits per heavy atom. The lowest BCUT2D eigenvalue weighted by atomic mass is 10.1. The molecule has 0 fully saturated rings. The van der Waals surface area contributed by atoms with Crippen molar-refractivity contribution in [1.29, 1.82) is 0 Å². The maximum absolute atomic E-state index is 12.6. The maximum atomic E-state index is 12.6. The molecular formula is C28H37N3O7. The van der Waals surface area contributed by atoms with Gasteiger partial charge in [0.1, 0.15) is 19.3 Å². The summed E-state index contributed by atoms with van der Waals surface area (Å²) in [6.45, 7) is 2.56. The number of nitrogens with one attached hydrogen (secondary N) is 3. The van der Waals surface area contributed by atoms with Crippen molar-refractivity contribution in [2.24, 2.45) is 0 Å². The van der Waals surface area contributed by atoms with Crippen LogP contribution < -0.4 is 16.1 Å². The maximum Gasteiger partial charge on any atom is 0.408 e. The Kier molecular flexibility index (Phi) is 14.4. The summed E-state index contributed by atoms with van der Waals surface area (Å²) in [7, 11) is 0. The zero-order valence-corrected chi connectivity index (χ0v) is 21.8. The highest BCUT2D eigenvalue weighted by Crippen LogP contribution is 2.06. The Bertz CT molecular complexity index is 986. The first-order valence-corrected chi connectivity index (χ1v) is 12.9. The molecule has 0 aromatic heterocycles. The Morgan fingerprint density at radius 1 is 0.763 bits per heavy atom. The number of ether oxygens (including phenoxy) is 2. The second kappa shape index (κ2) is 18.2. The molecule has 0 radical (unpaired) electrons. The van der Waals surface area contributed by atoms with Crippen molar-refractivity contribution >= 4 is 24.1 Å². The third-order valence-electron chi connectivity index (χ3n) is 5.47. The Balaban J connectivity index is 1.76. The molecule has 2 rings (SSSR count). The van der Waals surface area contributed by atoms with Crippen LogP contribution in [0.4, 0.5) is 9.59 Å².